The first kappa shape index (κ1) is 10.3. The fraction of sp³-hybridized carbons (Fsp3) is 0.769. The van der Waals surface area contributed by atoms with Gasteiger partial charge in [0.2, 0.25) is 5.91 Å². The minimum atomic E-state index is 0.288. The highest BCUT2D eigenvalue weighted by Crippen LogP contribution is 2.44. The Hall–Kier alpha value is -0.830. The summed E-state index contributed by atoms with van der Waals surface area (Å²) < 4.78 is 0. The molecule has 1 saturated carbocycles. The third-order valence-electron chi connectivity index (χ3n) is 4.42. The van der Waals surface area contributed by atoms with Gasteiger partial charge in [0, 0.05) is 25.6 Å². The first-order chi connectivity index (χ1) is 7.79. The normalized spacial score (nSPS) is 36.4. The van der Waals surface area contributed by atoms with Gasteiger partial charge in [0.15, 0.2) is 0 Å². The molecule has 1 N–H and O–H groups in total. The predicted octanol–water partition coefficient (Wildman–Crippen LogP) is 1.02. The molecular weight excluding hydrogens is 200 g/mol. The van der Waals surface area contributed by atoms with Crippen LogP contribution in [0.2, 0.25) is 0 Å². The smallest absolute Gasteiger partial charge is 0.226 e. The SMILES string of the molecule is CCN(C(=O)C1CC2C=CC1C2)C1CNC1. The molecule has 3 unspecified atom stereocenters. The number of nitrogens with zero attached hydrogens (tertiary/aromatic N) is 1. The summed E-state index contributed by atoms with van der Waals surface area (Å²) in [6.07, 6.45) is 6.88. The molecule has 0 aromatic rings. The van der Waals surface area contributed by atoms with E-state index in [-0.39, 0.29) is 5.92 Å². The molecule has 16 heavy (non-hydrogen) atoms. The molecule has 3 atom stereocenters. The number of carbonyl (C=O) groups excluding carboxylic acids is 1. The van der Waals surface area contributed by atoms with Crippen LogP contribution in [0.5, 0.6) is 0 Å². The Labute approximate surface area is 96.9 Å². The third-order valence-corrected chi connectivity index (χ3v) is 4.42. The topological polar surface area (TPSA) is 32.3 Å². The molecule has 2 aliphatic carbocycles. The second kappa shape index (κ2) is 3.88. The van der Waals surface area contributed by atoms with Crippen molar-refractivity contribution in [2.75, 3.05) is 19.6 Å². The molecule has 0 aromatic carbocycles. The van der Waals surface area contributed by atoms with Crippen molar-refractivity contribution in [1.29, 1.82) is 0 Å². The highest BCUT2D eigenvalue weighted by Gasteiger charge is 2.42. The molecule has 3 aliphatic rings. The summed E-state index contributed by atoms with van der Waals surface area (Å²) in [4.78, 5) is 14.6. The number of likely N-dealkylation sites (N-methyl/N-ethyl adjacent to an activating group) is 1. The van der Waals surface area contributed by atoms with Crippen molar-refractivity contribution in [2.45, 2.75) is 25.8 Å². The van der Waals surface area contributed by atoms with E-state index in [4.69, 9.17) is 0 Å². The van der Waals surface area contributed by atoms with Crippen molar-refractivity contribution < 1.29 is 4.79 Å². The zero-order valence-electron chi connectivity index (χ0n) is 9.86. The van der Waals surface area contributed by atoms with Gasteiger partial charge in [-0.1, -0.05) is 12.2 Å². The fourth-order valence-electron chi connectivity index (χ4n) is 3.37. The Kier molecular flexibility index (Phi) is 2.51. The summed E-state index contributed by atoms with van der Waals surface area (Å²) in [6, 6.07) is 0.459. The number of allylic oxidation sites excluding steroid dienone is 2. The van der Waals surface area contributed by atoms with Crippen LogP contribution in [0.3, 0.4) is 0 Å². The quantitative estimate of drug-likeness (QED) is 0.720. The van der Waals surface area contributed by atoms with Crippen molar-refractivity contribution in [3.05, 3.63) is 12.2 Å². The van der Waals surface area contributed by atoms with E-state index in [9.17, 15) is 4.79 Å². The van der Waals surface area contributed by atoms with E-state index < -0.39 is 0 Å². The van der Waals surface area contributed by atoms with Crippen molar-refractivity contribution in [2.24, 2.45) is 17.8 Å². The number of rotatable bonds is 3. The lowest BCUT2D eigenvalue weighted by molar-refractivity contribution is -0.139. The van der Waals surface area contributed by atoms with Gasteiger partial charge < -0.3 is 10.2 Å². The van der Waals surface area contributed by atoms with Crippen LogP contribution < -0.4 is 5.32 Å². The molecule has 1 aliphatic heterocycles. The standard InChI is InChI=1S/C13H20N2O/c1-2-15(11-7-14-8-11)13(16)12-6-9-3-4-10(12)5-9/h3-4,9-12,14H,2,5-8H2,1H3. The number of carbonyl (C=O) groups is 1. The van der Waals surface area contributed by atoms with Crippen LogP contribution in [0, 0.1) is 17.8 Å². The summed E-state index contributed by atoms with van der Waals surface area (Å²) in [5.74, 6) is 1.93. The number of hydrogen-bond acceptors (Lipinski definition) is 2. The molecule has 3 heteroatoms. The van der Waals surface area contributed by atoms with Crippen LogP contribution in [0.15, 0.2) is 12.2 Å². The second-order valence-corrected chi connectivity index (χ2v) is 5.32. The van der Waals surface area contributed by atoms with Crippen molar-refractivity contribution in [1.82, 2.24) is 10.2 Å². The Balaban J connectivity index is 1.69. The molecule has 0 aromatic heterocycles. The van der Waals surface area contributed by atoms with Gasteiger partial charge in [0.1, 0.15) is 0 Å². The van der Waals surface area contributed by atoms with Gasteiger partial charge in [0.25, 0.3) is 0 Å². The minimum absolute atomic E-state index is 0.288. The number of fused-ring (bicyclic) bond motifs is 2. The fourth-order valence-corrected chi connectivity index (χ4v) is 3.37. The lowest BCUT2D eigenvalue weighted by atomic mass is 9.91. The molecule has 1 amide bonds. The Morgan fingerprint density at radius 2 is 2.19 bits per heavy atom. The molecule has 2 fully saturated rings. The summed E-state index contributed by atoms with van der Waals surface area (Å²) in [6.45, 7) is 4.93. The zero-order chi connectivity index (χ0) is 11.1. The summed E-state index contributed by atoms with van der Waals surface area (Å²) in [5.41, 5.74) is 0. The highest BCUT2D eigenvalue weighted by molar-refractivity contribution is 5.80. The van der Waals surface area contributed by atoms with Gasteiger partial charge >= 0.3 is 0 Å². The van der Waals surface area contributed by atoms with Crippen LogP contribution in [0.1, 0.15) is 19.8 Å². The Morgan fingerprint density at radius 1 is 1.38 bits per heavy atom. The molecule has 3 rings (SSSR count). The molecular formula is C13H20N2O. The Bertz CT molecular complexity index is 322. The van der Waals surface area contributed by atoms with Crippen molar-refractivity contribution in [3.63, 3.8) is 0 Å². The number of nitrogens with one attached hydrogen (secondary N) is 1. The van der Waals surface area contributed by atoms with Crippen molar-refractivity contribution >= 4 is 5.91 Å². The predicted molar refractivity (Wildman–Crippen MR) is 62.9 cm³/mol. The first-order valence-electron chi connectivity index (χ1n) is 6.49. The maximum Gasteiger partial charge on any atom is 0.226 e. The van der Waals surface area contributed by atoms with Crippen LogP contribution in [-0.2, 0) is 4.79 Å². The minimum Gasteiger partial charge on any atom is -0.337 e. The van der Waals surface area contributed by atoms with Crippen LogP contribution in [0.4, 0.5) is 0 Å². The van der Waals surface area contributed by atoms with E-state index in [0.717, 1.165) is 26.1 Å². The second-order valence-electron chi connectivity index (χ2n) is 5.32. The van der Waals surface area contributed by atoms with Gasteiger partial charge in [-0.3, -0.25) is 4.79 Å². The van der Waals surface area contributed by atoms with Gasteiger partial charge in [0.05, 0.1) is 6.04 Å². The lowest BCUT2D eigenvalue weighted by Crippen LogP contribution is -2.60. The van der Waals surface area contributed by atoms with Gasteiger partial charge in [-0.2, -0.15) is 0 Å². The van der Waals surface area contributed by atoms with Crippen LogP contribution >= 0.6 is 0 Å². The Morgan fingerprint density at radius 3 is 2.62 bits per heavy atom. The van der Waals surface area contributed by atoms with E-state index >= 15 is 0 Å². The highest BCUT2D eigenvalue weighted by atomic mass is 16.2. The average Bonchev–Trinajstić information content (AvgIpc) is 2.83. The molecule has 3 nitrogen and oxygen atoms in total. The van der Waals surface area contributed by atoms with Crippen molar-refractivity contribution in [3.8, 4) is 0 Å². The van der Waals surface area contributed by atoms with E-state index in [0.29, 0.717) is 23.8 Å². The van der Waals surface area contributed by atoms with Gasteiger partial charge in [-0.25, -0.2) is 0 Å². The molecule has 0 radical (unpaired) electrons. The van der Waals surface area contributed by atoms with E-state index in [2.05, 4.69) is 29.3 Å². The summed E-state index contributed by atoms with van der Waals surface area (Å²) in [5, 5.41) is 3.25. The summed E-state index contributed by atoms with van der Waals surface area (Å²) >= 11 is 0. The largest absolute Gasteiger partial charge is 0.337 e. The van der Waals surface area contributed by atoms with E-state index in [1.165, 1.54) is 6.42 Å². The first-order valence-corrected chi connectivity index (χ1v) is 6.49. The third kappa shape index (κ3) is 1.49. The summed E-state index contributed by atoms with van der Waals surface area (Å²) in [7, 11) is 0. The van der Waals surface area contributed by atoms with Crippen LogP contribution in [0.25, 0.3) is 0 Å². The molecule has 1 saturated heterocycles. The van der Waals surface area contributed by atoms with Gasteiger partial charge in [-0.05, 0) is 31.6 Å². The van der Waals surface area contributed by atoms with Gasteiger partial charge in [-0.15, -0.1) is 0 Å². The maximum absolute atomic E-state index is 12.5. The molecule has 1 heterocycles. The zero-order valence-corrected chi connectivity index (χ0v) is 9.86. The van der Waals surface area contributed by atoms with Crippen LogP contribution in [-0.4, -0.2) is 36.5 Å². The molecule has 0 spiro atoms. The monoisotopic (exact) mass is 220 g/mol. The molecule has 88 valence electrons. The number of hydrogen-bond donors (Lipinski definition) is 1. The lowest BCUT2D eigenvalue weighted by Gasteiger charge is -2.39. The van der Waals surface area contributed by atoms with E-state index in [1.54, 1.807) is 0 Å². The van der Waals surface area contributed by atoms with E-state index in [1.807, 2.05) is 0 Å². The average molecular weight is 220 g/mol. The molecule has 2 bridgehead atoms. The number of amides is 1. The maximum atomic E-state index is 12.5.